The Morgan fingerprint density at radius 1 is 1.00 bits per heavy atom. The van der Waals surface area contributed by atoms with Gasteiger partial charge in [0.1, 0.15) is 17.5 Å². The number of hydrogen-bond acceptors (Lipinski definition) is 6. The number of carbonyl (C=O) groups excluding carboxylic acids is 3. The van der Waals surface area contributed by atoms with Crippen molar-refractivity contribution in [1.29, 1.82) is 0 Å². The van der Waals surface area contributed by atoms with E-state index in [0.29, 0.717) is 6.42 Å². The summed E-state index contributed by atoms with van der Waals surface area (Å²) in [6, 6.07) is 1.83. The largest absolute Gasteiger partial charge is 0.472 e. The fourth-order valence-electron chi connectivity index (χ4n) is 8.56. The Morgan fingerprint density at radius 2 is 1.75 bits per heavy atom. The molecule has 2 unspecified atom stereocenters. The summed E-state index contributed by atoms with van der Waals surface area (Å²) in [6.07, 6.45) is 7.57. The number of ketones is 2. The molecule has 8 atom stereocenters. The molecule has 6 nitrogen and oxygen atoms in total. The number of furan rings is 1. The van der Waals surface area contributed by atoms with Gasteiger partial charge in [0, 0.05) is 22.8 Å². The summed E-state index contributed by atoms with van der Waals surface area (Å²) >= 11 is 0. The highest BCUT2D eigenvalue weighted by Gasteiger charge is 2.88. The van der Waals surface area contributed by atoms with Gasteiger partial charge in [0.15, 0.2) is 11.9 Å². The molecular formula is C26H30O6. The fraction of sp³-hybridized carbons (Fsp3) is 0.654. The summed E-state index contributed by atoms with van der Waals surface area (Å²) < 4.78 is 17.5. The van der Waals surface area contributed by atoms with Crippen LogP contribution in [0.15, 0.2) is 35.2 Å². The average Bonchev–Trinajstić information content (AvgIpc) is 3.30. The van der Waals surface area contributed by atoms with Gasteiger partial charge < -0.3 is 13.9 Å². The first kappa shape index (κ1) is 20.4. The summed E-state index contributed by atoms with van der Waals surface area (Å²) in [5, 5.41) is 0. The van der Waals surface area contributed by atoms with Crippen LogP contribution in [0.25, 0.3) is 0 Å². The second-order valence-corrected chi connectivity index (χ2v) is 11.8. The number of epoxide rings is 1. The molecule has 4 fully saturated rings. The van der Waals surface area contributed by atoms with E-state index in [9.17, 15) is 14.4 Å². The molecule has 1 aromatic rings. The maximum Gasteiger partial charge on any atom is 0.339 e. The highest BCUT2D eigenvalue weighted by atomic mass is 16.7. The zero-order chi connectivity index (χ0) is 22.9. The Bertz CT molecular complexity index is 1080. The monoisotopic (exact) mass is 438 g/mol. The smallest absolute Gasteiger partial charge is 0.339 e. The average molecular weight is 439 g/mol. The molecule has 2 aliphatic heterocycles. The summed E-state index contributed by atoms with van der Waals surface area (Å²) in [5.74, 6) is -0.312. The molecule has 3 aliphatic carbocycles. The van der Waals surface area contributed by atoms with E-state index in [1.807, 2.05) is 32.9 Å². The molecule has 32 heavy (non-hydrogen) atoms. The van der Waals surface area contributed by atoms with Crippen molar-refractivity contribution in [3.8, 4) is 0 Å². The predicted octanol–water partition coefficient (Wildman–Crippen LogP) is 4.20. The van der Waals surface area contributed by atoms with E-state index >= 15 is 0 Å². The van der Waals surface area contributed by atoms with Gasteiger partial charge in [0.05, 0.1) is 17.9 Å². The van der Waals surface area contributed by atoms with Crippen LogP contribution in [-0.2, 0) is 23.9 Å². The summed E-state index contributed by atoms with van der Waals surface area (Å²) in [4.78, 5) is 39.8. The van der Waals surface area contributed by atoms with Crippen molar-refractivity contribution in [1.82, 2.24) is 0 Å². The number of allylic oxidation sites excluding steroid dienone is 2. The molecule has 0 radical (unpaired) electrons. The van der Waals surface area contributed by atoms with E-state index < -0.39 is 40.0 Å². The number of Topliss-reactive ketones (excluding diaryl/α,β-unsaturated/α-hetero) is 1. The van der Waals surface area contributed by atoms with Crippen molar-refractivity contribution in [2.24, 2.45) is 33.5 Å². The zero-order valence-electron chi connectivity index (χ0n) is 19.3. The molecular weight excluding hydrogens is 408 g/mol. The lowest BCUT2D eigenvalue weighted by Crippen LogP contribution is -2.71. The Balaban J connectivity index is 1.53. The van der Waals surface area contributed by atoms with Crippen LogP contribution in [-0.4, -0.2) is 29.2 Å². The Hall–Kier alpha value is -2.21. The normalized spacial score (nSPS) is 50.6. The van der Waals surface area contributed by atoms with Gasteiger partial charge in [-0.05, 0) is 49.2 Å². The first-order valence-corrected chi connectivity index (χ1v) is 11.6. The van der Waals surface area contributed by atoms with Gasteiger partial charge in [0.25, 0.3) is 0 Å². The van der Waals surface area contributed by atoms with Crippen LogP contribution in [0.2, 0.25) is 0 Å². The topological polar surface area (TPSA) is 86.1 Å². The second kappa shape index (κ2) is 5.64. The molecule has 170 valence electrons. The van der Waals surface area contributed by atoms with Crippen molar-refractivity contribution in [2.75, 3.05) is 0 Å². The van der Waals surface area contributed by atoms with Crippen molar-refractivity contribution in [3.05, 3.63) is 36.3 Å². The highest BCUT2D eigenvalue weighted by molar-refractivity contribution is 5.98. The van der Waals surface area contributed by atoms with Crippen LogP contribution < -0.4 is 0 Å². The standard InChI is InChI=1S/C26H30O6/c1-22(2)16-12-18(28)25(5)15(23(16,3)9-7-17(22)27)6-10-24(4)19(14-8-11-30-13-14)31-21(29)20-26(24,25)32-20/h7-9,11,13,15-16,19-20H,6,10,12H2,1-5H3/t15?,16?,19-,20+,23+,24-,25-,26+/m0/s1. The van der Waals surface area contributed by atoms with E-state index in [4.69, 9.17) is 13.9 Å². The van der Waals surface area contributed by atoms with Crippen molar-refractivity contribution in [2.45, 2.75) is 71.7 Å². The maximum atomic E-state index is 14.1. The lowest BCUT2D eigenvalue weighted by molar-refractivity contribution is -0.210. The van der Waals surface area contributed by atoms with Crippen molar-refractivity contribution >= 4 is 17.5 Å². The minimum Gasteiger partial charge on any atom is -0.472 e. The van der Waals surface area contributed by atoms with Gasteiger partial charge in [-0.2, -0.15) is 0 Å². The van der Waals surface area contributed by atoms with Gasteiger partial charge in [-0.15, -0.1) is 0 Å². The van der Waals surface area contributed by atoms with Crippen molar-refractivity contribution < 1.29 is 28.3 Å². The predicted molar refractivity (Wildman–Crippen MR) is 113 cm³/mol. The number of fused-ring (bicyclic) bond motifs is 3. The number of rotatable bonds is 1. The zero-order valence-corrected chi connectivity index (χ0v) is 19.3. The van der Waals surface area contributed by atoms with Crippen LogP contribution in [0.4, 0.5) is 0 Å². The molecule has 6 rings (SSSR count). The van der Waals surface area contributed by atoms with Crippen LogP contribution in [0, 0.1) is 33.5 Å². The molecule has 1 spiro atoms. The lowest BCUT2D eigenvalue weighted by atomic mass is 9.36. The highest BCUT2D eigenvalue weighted by Crippen LogP contribution is 2.78. The van der Waals surface area contributed by atoms with Gasteiger partial charge in [-0.25, -0.2) is 4.79 Å². The molecule has 5 aliphatic rings. The first-order valence-electron chi connectivity index (χ1n) is 11.6. The van der Waals surface area contributed by atoms with Gasteiger partial charge in [-0.1, -0.05) is 33.8 Å². The fourth-order valence-corrected chi connectivity index (χ4v) is 8.56. The minimum absolute atomic E-state index is 0.0288. The third-order valence-corrected chi connectivity index (χ3v) is 10.3. The van der Waals surface area contributed by atoms with E-state index in [0.717, 1.165) is 18.4 Å². The molecule has 0 bridgehead atoms. The van der Waals surface area contributed by atoms with Crippen LogP contribution >= 0.6 is 0 Å². The number of ether oxygens (including phenoxy) is 2. The number of cyclic esters (lactones) is 1. The molecule has 1 aromatic heterocycles. The molecule has 2 saturated carbocycles. The van der Waals surface area contributed by atoms with Gasteiger partial charge >= 0.3 is 5.97 Å². The third-order valence-electron chi connectivity index (χ3n) is 10.3. The summed E-state index contributed by atoms with van der Waals surface area (Å²) in [7, 11) is 0. The van der Waals surface area contributed by atoms with E-state index in [2.05, 4.69) is 13.8 Å². The Kier molecular flexibility index (Phi) is 3.60. The molecule has 0 aromatic carbocycles. The van der Waals surface area contributed by atoms with Crippen molar-refractivity contribution in [3.63, 3.8) is 0 Å². The Morgan fingerprint density at radius 3 is 2.44 bits per heavy atom. The quantitative estimate of drug-likeness (QED) is 0.483. The SMILES string of the molecule is CC1(C)C(=O)C=C[C@@]2(C)C1CC(=O)[C@]1(C)C2CC[C@@]2(C)[C@H](c3ccoc3)OC(=O)[C@H]3O[C@]321. The molecule has 3 heterocycles. The maximum absolute atomic E-state index is 14.1. The number of esters is 1. The number of carbonyl (C=O) groups is 3. The van der Waals surface area contributed by atoms with E-state index in [1.54, 1.807) is 18.6 Å². The lowest BCUT2D eigenvalue weighted by Gasteiger charge is -2.66. The minimum atomic E-state index is -0.912. The molecule has 2 saturated heterocycles. The summed E-state index contributed by atoms with van der Waals surface area (Å²) in [5.41, 5.74) is -2.45. The van der Waals surface area contributed by atoms with Crippen LogP contribution in [0.3, 0.4) is 0 Å². The Labute approximate surface area is 187 Å². The third kappa shape index (κ3) is 1.92. The first-order chi connectivity index (χ1) is 14.9. The molecule has 0 N–H and O–H groups in total. The van der Waals surface area contributed by atoms with Gasteiger partial charge in [0.2, 0.25) is 0 Å². The number of hydrogen-bond donors (Lipinski definition) is 0. The van der Waals surface area contributed by atoms with E-state index in [-0.39, 0.29) is 28.8 Å². The van der Waals surface area contributed by atoms with E-state index in [1.165, 1.54) is 0 Å². The summed E-state index contributed by atoms with van der Waals surface area (Å²) in [6.45, 7) is 10.2. The van der Waals surface area contributed by atoms with Gasteiger partial charge in [-0.3, -0.25) is 9.59 Å². The second-order valence-electron chi connectivity index (χ2n) is 11.8. The van der Waals surface area contributed by atoms with Crippen LogP contribution in [0.5, 0.6) is 0 Å². The molecule has 6 heteroatoms. The molecule has 0 amide bonds. The van der Waals surface area contributed by atoms with Crippen LogP contribution in [0.1, 0.15) is 65.5 Å².